The molecule has 0 amide bonds. The Balaban J connectivity index is 3.26. The molecule has 0 aromatic carbocycles. The first-order valence-electron chi connectivity index (χ1n) is 3.02. The van der Waals surface area contributed by atoms with Crippen molar-refractivity contribution in [1.82, 2.24) is 9.97 Å². The van der Waals surface area contributed by atoms with Gasteiger partial charge in [0, 0.05) is 0 Å². The molecule has 0 atom stereocenters. The van der Waals surface area contributed by atoms with E-state index in [1.165, 1.54) is 6.92 Å². The van der Waals surface area contributed by atoms with E-state index < -0.39 is 11.2 Å². The first kappa shape index (κ1) is 8.73. The number of nitrogens with one attached hydrogen (secondary N) is 1. The van der Waals surface area contributed by atoms with E-state index in [1.54, 1.807) is 0 Å². The molecule has 5 nitrogen and oxygen atoms in total. The van der Waals surface area contributed by atoms with Gasteiger partial charge in [0.05, 0.1) is 0 Å². The van der Waals surface area contributed by atoms with Gasteiger partial charge in [0.2, 0.25) is 0 Å². The van der Waals surface area contributed by atoms with Gasteiger partial charge in [0.15, 0.2) is 11.4 Å². The fourth-order valence-electron chi connectivity index (χ4n) is 0.789. The number of carboxylic acid groups (broad SMARTS) is 1. The minimum absolute atomic E-state index is 0.248. The second-order valence-electron chi connectivity index (χ2n) is 2.12. The number of hydrogen-bond acceptors (Lipinski definition) is 3. The van der Waals surface area contributed by atoms with Crippen LogP contribution in [0.4, 0.5) is 0 Å². The number of H-pyrrole nitrogens is 1. The number of aryl methyl sites for hydroxylation is 1. The zero-order valence-electron chi connectivity index (χ0n) is 6.09. The lowest BCUT2D eigenvalue weighted by molar-refractivity contribution is 0.0687. The van der Waals surface area contributed by atoms with Crippen molar-refractivity contribution in [3.05, 3.63) is 17.2 Å². The molecule has 1 aromatic heterocycles. The normalized spacial score (nSPS) is 9.83. The van der Waals surface area contributed by atoms with E-state index in [0.717, 1.165) is 0 Å². The summed E-state index contributed by atoms with van der Waals surface area (Å²) in [5, 5.41) is 7.67. The van der Waals surface area contributed by atoms with Crippen LogP contribution in [0, 0.1) is 6.92 Å². The Kier molecular flexibility index (Phi) is 2.14. The Morgan fingerprint density at radius 2 is 2.17 bits per heavy atom. The third-order valence-corrected chi connectivity index (χ3v) is 1.40. The summed E-state index contributed by atoms with van der Waals surface area (Å²) in [7, 11) is 0. The molecule has 0 saturated carbocycles. The van der Waals surface area contributed by atoms with Crippen molar-refractivity contribution in [2.24, 2.45) is 0 Å². The number of carbonyl (C=O) groups excluding carboxylic acids is 1. The molecule has 1 rings (SSSR count). The second-order valence-corrected chi connectivity index (χ2v) is 2.47. The van der Waals surface area contributed by atoms with Gasteiger partial charge in [0.25, 0.3) is 5.24 Å². The maximum absolute atomic E-state index is 10.6. The molecular weight excluding hydrogens is 184 g/mol. The maximum Gasteiger partial charge on any atom is 0.354 e. The number of rotatable bonds is 2. The minimum atomic E-state index is -1.25. The molecule has 1 aromatic rings. The number of imidazole rings is 1. The highest BCUT2D eigenvalue weighted by molar-refractivity contribution is 6.67. The number of carboxylic acids is 1. The van der Waals surface area contributed by atoms with Crippen LogP contribution < -0.4 is 0 Å². The summed E-state index contributed by atoms with van der Waals surface area (Å²) in [4.78, 5) is 27.1. The van der Waals surface area contributed by atoms with Crippen molar-refractivity contribution >= 4 is 22.8 Å². The zero-order chi connectivity index (χ0) is 9.30. The molecule has 0 bridgehead atoms. The highest BCUT2D eigenvalue weighted by Gasteiger charge is 2.19. The lowest BCUT2D eigenvalue weighted by atomic mass is 10.3. The Morgan fingerprint density at radius 3 is 2.50 bits per heavy atom. The fraction of sp³-hybridized carbons (Fsp3) is 0.167. The average Bonchev–Trinajstić information content (AvgIpc) is 2.31. The Bertz CT molecular complexity index is 313. The Hall–Kier alpha value is -1.36. The summed E-state index contributed by atoms with van der Waals surface area (Å²) in [6, 6.07) is 0. The lowest BCUT2D eigenvalue weighted by Gasteiger charge is -1.88. The molecule has 0 radical (unpaired) electrons. The molecule has 0 aliphatic rings. The molecule has 0 unspecified atom stereocenters. The van der Waals surface area contributed by atoms with Crippen LogP contribution in [0.1, 0.15) is 26.8 Å². The topological polar surface area (TPSA) is 83.1 Å². The third kappa shape index (κ3) is 1.45. The Morgan fingerprint density at radius 1 is 1.58 bits per heavy atom. The molecule has 2 N–H and O–H groups in total. The summed E-state index contributed by atoms with van der Waals surface area (Å²) in [5.41, 5.74) is -0.519. The molecule has 0 fully saturated rings. The number of carbonyl (C=O) groups is 2. The molecule has 0 spiro atoms. The van der Waals surface area contributed by atoms with Crippen molar-refractivity contribution in [3.63, 3.8) is 0 Å². The van der Waals surface area contributed by atoms with Crippen LogP contribution in [-0.4, -0.2) is 26.3 Å². The summed E-state index contributed by atoms with van der Waals surface area (Å²) >= 11 is 5.08. The van der Waals surface area contributed by atoms with Crippen LogP contribution >= 0.6 is 11.6 Å². The number of nitrogens with zero attached hydrogens (tertiary/aromatic N) is 1. The van der Waals surface area contributed by atoms with Gasteiger partial charge in [-0.2, -0.15) is 0 Å². The van der Waals surface area contributed by atoms with Gasteiger partial charge in [0.1, 0.15) is 5.82 Å². The number of aromatic carboxylic acids is 1. The van der Waals surface area contributed by atoms with E-state index >= 15 is 0 Å². The standard InChI is InChI=1S/C6H5ClN2O3/c1-2-8-3(5(7)10)4(9-2)6(11)12/h1H3,(H,8,9)(H,11,12). The highest BCUT2D eigenvalue weighted by Crippen LogP contribution is 2.08. The van der Waals surface area contributed by atoms with E-state index in [0.29, 0.717) is 5.82 Å². The first-order chi connectivity index (χ1) is 5.52. The van der Waals surface area contributed by atoms with E-state index in [9.17, 15) is 9.59 Å². The van der Waals surface area contributed by atoms with Crippen LogP contribution in [0.3, 0.4) is 0 Å². The predicted molar refractivity (Wildman–Crippen MR) is 40.5 cm³/mol. The smallest absolute Gasteiger partial charge is 0.354 e. The van der Waals surface area contributed by atoms with Crippen molar-refractivity contribution in [2.45, 2.75) is 6.92 Å². The predicted octanol–water partition coefficient (Wildman–Crippen LogP) is 0.795. The van der Waals surface area contributed by atoms with Crippen LogP contribution in [0.25, 0.3) is 0 Å². The molecule has 12 heavy (non-hydrogen) atoms. The maximum atomic E-state index is 10.6. The molecule has 6 heteroatoms. The molecule has 0 aliphatic carbocycles. The van der Waals surface area contributed by atoms with Crippen molar-refractivity contribution in [1.29, 1.82) is 0 Å². The number of hydrogen-bond donors (Lipinski definition) is 2. The molecule has 64 valence electrons. The highest BCUT2D eigenvalue weighted by atomic mass is 35.5. The fourth-order valence-corrected chi connectivity index (χ4v) is 0.925. The van der Waals surface area contributed by atoms with Gasteiger partial charge in [-0.15, -0.1) is 0 Å². The van der Waals surface area contributed by atoms with Gasteiger partial charge in [-0.05, 0) is 18.5 Å². The van der Waals surface area contributed by atoms with Gasteiger partial charge in [-0.3, -0.25) is 4.79 Å². The van der Waals surface area contributed by atoms with Crippen molar-refractivity contribution in [3.8, 4) is 0 Å². The Labute approximate surface area is 72.4 Å². The molecule has 0 saturated heterocycles. The monoisotopic (exact) mass is 188 g/mol. The number of aromatic nitrogens is 2. The van der Waals surface area contributed by atoms with E-state index in [2.05, 4.69) is 9.97 Å². The average molecular weight is 189 g/mol. The summed E-state index contributed by atoms with van der Waals surface area (Å²) < 4.78 is 0. The second kappa shape index (κ2) is 2.94. The molecular formula is C6H5ClN2O3. The van der Waals surface area contributed by atoms with Crippen LogP contribution in [0.2, 0.25) is 0 Å². The quantitative estimate of drug-likeness (QED) is 0.673. The van der Waals surface area contributed by atoms with Gasteiger partial charge in [-0.25, -0.2) is 9.78 Å². The number of aromatic amines is 1. The van der Waals surface area contributed by atoms with Gasteiger partial charge < -0.3 is 10.1 Å². The number of halogens is 1. The third-order valence-electron chi connectivity index (χ3n) is 1.22. The van der Waals surface area contributed by atoms with E-state index in [-0.39, 0.29) is 11.4 Å². The van der Waals surface area contributed by atoms with E-state index in [1.807, 2.05) is 0 Å². The largest absolute Gasteiger partial charge is 0.477 e. The minimum Gasteiger partial charge on any atom is -0.477 e. The van der Waals surface area contributed by atoms with Crippen LogP contribution in [-0.2, 0) is 0 Å². The lowest BCUT2D eigenvalue weighted by Crippen LogP contribution is -2.03. The summed E-state index contributed by atoms with van der Waals surface area (Å²) in [5.74, 6) is -0.906. The van der Waals surface area contributed by atoms with Crippen LogP contribution in [0.15, 0.2) is 0 Å². The van der Waals surface area contributed by atoms with E-state index in [4.69, 9.17) is 16.7 Å². The summed E-state index contributed by atoms with van der Waals surface area (Å²) in [6.07, 6.45) is 0. The van der Waals surface area contributed by atoms with Crippen molar-refractivity contribution in [2.75, 3.05) is 0 Å². The molecule has 1 heterocycles. The first-order valence-corrected chi connectivity index (χ1v) is 3.40. The van der Waals surface area contributed by atoms with Gasteiger partial charge in [-0.1, -0.05) is 0 Å². The molecule has 0 aliphatic heterocycles. The van der Waals surface area contributed by atoms with Crippen molar-refractivity contribution < 1.29 is 14.7 Å². The zero-order valence-corrected chi connectivity index (χ0v) is 6.84. The SMILES string of the molecule is Cc1nc(C(=O)Cl)c(C(=O)O)[nH]1. The van der Waals surface area contributed by atoms with Crippen LogP contribution in [0.5, 0.6) is 0 Å². The summed E-state index contributed by atoms with van der Waals surface area (Å²) in [6.45, 7) is 1.54. The van der Waals surface area contributed by atoms with Gasteiger partial charge >= 0.3 is 5.97 Å².